The van der Waals surface area contributed by atoms with Crippen LogP contribution in [0.15, 0.2) is 0 Å². The number of amides is 2. The van der Waals surface area contributed by atoms with E-state index in [-0.39, 0.29) is 30.5 Å². The second-order valence-electron chi connectivity index (χ2n) is 4.45. The first-order chi connectivity index (χ1) is 7.49. The zero-order chi connectivity index (χ0) is 12.1. The molecule has 0 aromatic carbocycles. The Bertz CT molecular complexity index is 260. The van der Waals surface area contributed by atoms with E-state index in [1.165, 1.54) is 11.8 Å². The fourth-order valence-corrected chi connectivity index (χ4v) is 1.82. The van der Waals surface area contributed by atoms with Crippen LogP contribution < -0.4 is 5.32 Å². The Morgan fingerprint density at radius 2 is 1.88 bits per heavy atom. The molecule has 92 valence electrons. The van der Waals surface area contributed by atoms with Crippen molar-refractivity contribution in [2.75, 3.05) is 13.6 Å². The predicted octanol–water partition coefficient (Wildman–Crippen LogP) is -0.116. The molecule has 0 aliphatic heterocycles. The number of rotatable bonds is 3. The summed E-state index contributed by atoms with van der Waals surface area (Å²) < 4.78 is 0. The predicted molar refractivity (Wildman–Crippen MR) is 59.7 cm³/mol. The topological polar surface area (TPSA) is 69.6 Å². The Kier molecular flexibility index (Phi) is 4.73. The van der Waals surface area contributed by atoms with Crippen molar-refractivity contribution >= 4 is 11.8 Å². The van der Waals surface area contributed by atoms with E-state index in [1.807, 2.05) is 0 Å². The van der Waals surface area contributed by atoms with Crippen LogP contribution in [0.25, 0.3) is 0 Å². The first kappa shape index (κ1) is 13.0. The van der Waals surface area contributed by atoms with Crippen LogP contribution in [0.2, 0.25) is 0 Å². The lowest BCUT2D eigenvalue weighted by atomic mass is 9.93. The molecule has 2 N–H and O–H groups in total. The van der Waals surface area contributed by atoms with E-state index in [0.717, 1.165) is 25.7 Å². The maximum atomic E-state index is 11.5. The van der Waals surface area contributed by atoms with Gasteiger partial charge >= 0.3 is 0 Å². The molecule has 16 heavy (non-hydrogen) atoms. The van der Waals surface area contributed by atoms with Gasteiger partial charge in [0.05, 0.1) is 12.6 Å². The molecule has 1 rings (SSSR count). The van der Waals surface area contributed by atoms with Crippen LogP contribution in [0.4, 0.5) is 0 Å². The van der Waals surface area contributed by atoms with Gasteiger partial charge in [-0.2, -0.15) is 0 Å². The summed E-state index contributed by atoms with van der Waals surface area (Å²) in [4.78, 5) is 23.8. The van der Waals surface area contributed by atoms with Crippen molar-refractivity contribution in [3.8, 4) is 0 Å². The summed E-state index contributed by atoms with van der Waals surface area (Å²) in [6.45, 7) is 1.54. The summed E-state index contributed by atoms with van der Waals surface area (Å²) in [5, 5.41) is 12.2. The maximum absolute atomic E-state index is 11.5. The molecule has 1 aliphatic carbocycles. The van der Waals surface area contributed by atoms with Gasteiger partial charge in [0.25, 0.3) is 0 Å². The summed E-state index contributed by atoms with van der Waals surface area (Å²) in [6, 6.07) is 0.149. The monoisotopic (exact) mass is 228 g/mol. The van der Waals surface area contributed by atoms with Crippen molar-refractivity contribution in [2.24, 2.45) is 0 Å². The van der Waals surface area contributed by atoms with Crippen molar-refractivity contribution in [1.82, 2.24) is 10.2 Å². The SMILES string of the molecule is CC(=O)N(C)CC(=O)NC1CCC(O)CC1. The number of nitrogens with one attached hydrogen (secondary N) is 1. The third-order valence-corrected chi connectivity index (χ3v) is 2.98. The third kappa shape index (κ3) is 4.18. The Morgan fingerprint density at radius 3 is 2.38 bits per heavy atom. The molecular weight excluding hydrogens is 208 g/mol. The van der Waals surface area contributed by atoms with Crippen molar-refractivity contribution in [2.45, 2.75) is 44.8 Å². The van der Waals surface area contributed by atoms with Crippen LogP contribution in [0.5, 0.6) is 0 Å². The molecule has 0 aromatic rings. The number of aliphatic hydroxyl groups is 1. The Balaban J connectivity index is 2.26. The van der Waals surface area contributed by atoms with E-state index in [9.17, 15) is 14.7 Å². The highest BCUT2D eigenvalue weighted by Gasteiger charge is 2.21. The lowest BCUT2D eigenvalue weighted by molar-refractivity contribution is -0.133. The van der Waals surface area contributed by atoms with Gasteiger partial charge in [0.1, 0.15) is 0 Å². The lowest BCUT2D eigenvalue weighted by Crippen LogP contribution is -2.44. The average molecular weight is 228 g/mol. The van der Waals surface area contributed by atoms with Crippen molar-refractivity contribution in [3.63, 3.8) is 0 Å². The molecule has 0 atom stereocenters. The Morgan fingerprint density at radius 1 is 1.31 bits per heavy atom. The van der Waals surface area contributed by atoms with Crippen molar-refractivity contribution in [3.05, 3.63) is 0 Å². The fraction of sp³-hybridized carbons (Fsp3) is 0.818. The second-order valence-corrected chi connectivity index (χ2v) is 4.45. The minimum Gasteiger partial charge on any atom is -0.393 e. The normalized spacial score (nSPS) is 24.9. The molecule has 5 heteroatoms. The number of likely N-dealkylation sites (N-methyl/N-ethyl adjacent to an activating group) is 1. The number of hydrogen-bond donors (Lipinski definition) is 2. The standard InChI is InChI=1S/C11H20N2O3/c1-8(14)13(2)7-11(16)12-9-3-5-10(15)6-4-9/h9-10,15H,3-7H2,1-2H3,(H,12,16). The minimum atomic E-state index is -0.215. The van der Waals surface area contributed by atoms with Gasteiger partial charge in [-0.25, -0.2) is 0 Å². The van der Waals surface area contributed by atoms with E-state index >= 15 is 0 Å². The Hall–Kier alpha value is -1.10. The molecule has 2 amide bonds. The second kappa shape index (κ2) is 5.84. The Labute approximate surface area is 95.8 Å². The molecule has 0 saturated heterocycles. The summed E-state index contributed by atoms with van der Waals surface area (Å²) in [5.41, 5.74) is 0. The number of hydrogen-bond acceptors (Lipinski definition) is 3. The summed E-state index contributed by atoms with van der Waals surface area (Å²) in [7, 11) is 1.60. The van der Waals surface area contributed by atoms with Crippen LogP contribution in [0, 0.1) is 0 Å². The smallest absolute Gasteiger partial charge is 0.239 e. The molecule has 0 heterocycles. The zero-order valence-electron chi connectivity index (χ0n) is 9.90. The van der Waals surface area contributed by atoms with E-state index in [2.05, 4.69) is 5.32 Å². The van der Waals surface area contributed by atoms with Gasteiger partial charge in [-0.1, -0.05) is 0 Å². The van der Waals surface area contributed by atoms with Crippen LogP contribution >= 0.6 is 0 Å². The van der Waals surface area contributed by atoms with Gasteiger partial charge in [0, 0.05) is 20.0 Å². The van der Waals surface area contributed by atoms with Crippen LogP contribution in [0.1, 0.15) is 32.6 Å². The van der Waals surface area contributed by atoms with Gasteiger partial charge in [-0.3, -0.25) is 9.59 Å². The highest BCUT2D eigenvalue weighted by Crippen LogP contribution is 2.18. The lowest BCUT2D eigenvalue weighted by Gasteiger charge is -2.26. The number of carbonyl (C=O) groups excluding carboxylic acids is 2. The fourth-order valence-electron chi connectivity index (χ4n) is 1.82. The maximum Gasteiger partial charge on any atom is 0.239 e. The van der Waals surface area contributed by atoms with Gasteiger partial charge in [-0.05, 0) is 25.7 Å². The number of carbonyl (C=O) groups is 2. The van der Waals surface area contributed by atoms with Gasteiger partial charge < -0.3 is 15.3 Å². The van der Waals surface area contributed by atoms with Crippen LogP contribution in [0.3, 0.4) is 0 Å². The first-order valence-electron chi connectivity index (χ1n) is 5.68. The van der Waals surface area contributed by atoms with E-state index < -0.39 is 0 Å². The van der Waals surface area contributed by atoms with Gasteiger partial charge in [0.2, 0.25) is 11.8 Å². The van der Waals surface area contributed by atoms with E-state index in [0.29, 0.717) is 0 Å². The molecule has 0 bridgehead atoms. The quantitative estimate of drug-likeness (QED) is 0.708. The number of nitrogens with zero attached hydrogens (tertiary/aromatic N) is 1. The molecule has 0 aromatic heterocycles. The zero-order valence-corrected chi connectivity index (χ0v) is 9.90. The third-order valence-electron chi connectivity index (χ3n) is 2.98. The molecule has 0 radical (unpaired) electrons. The molecule has 1 aliphatic rings. The van der Waals surface area contributed by atoms with Gasteiger partial charge in [-0.15, -0.1) is 0 Å². The largest absolute Gasteiger partial charge is 0.393 e. The highest BCUT2D eigenvalue weighted by molar-refractivity contribution is 5.83. The van der Waals surface area contributed by atoms with Crippen molar-refractivity contribution in [1.29, 1.82) is 0 Å². The van der Waals surface area contributed by atoms with Gasteiger partial charge in [0.15, 0.2) is 0 Å². The average Bonchev–Trinajstić information content (AvgIpc) is 2.21. The van der Waals surface area contributed by atoms with Crippen molar-refractivity contribution < 1.29 is 14.7 Å². The van der Waals surface area contributed by atoms with E-state index in [4.69, 9.17) is 0 Å². The molecule has 0 spiro atoms. The summed E-state index contributed by atoms with van der Waals surface area (Å²) in [6.07, 6.45) is 2.90. The summed E-state index contributed by atoms with van der Waals surface area (Å²) >= 11 is 0. The molecule has 5 nitrogen and oxygen atoms in total. The van der Waals surface area contributed by atoms with Crippen LogP contribution in [-0.4, -0.2) is 47.6 Å². The minimum absolute atomic E-state index is 0.106. The highest BCUT2D eigenvalue weighted by atomic mass is 16.3. The molecule has 0 unspecified atom stereocenters. The molecular formula is C11H20N2O3. The van der Waals surface area contributed by atoms with Crippen LogP contribution in [-0.2, 0) is 9.59 Å². The molecule has 1 fully saturated rings. The summed E-state index contributed by atoms with van der Waals surface area (Å²) in [5.74, 6) is -0.242. The first-order valence-corrected chi connectivity index (χ1v) is 5.68. The molecule has 1 saturated carbocycles. The number of aliphatic hydroxyl groups excluding tert-OH is 1. The van der Waals surface area contributed by atoms with E-state index in [1.54, 1.807) is 7.05 Å².